The molecule has 2 aliphatic heterocycles. The SMILES string of the molecule is FC(F)(F)CN1CC2(CCNCC2)c2ccccc21. The minimum atomic E-state index is -4.15. The highest BCUT2D eigenvalue weighted by atomic mass is 19.4. The summed E-state index contributed by atoms with van der Waals surface area (Å²) in [6.07, 6.45) is -2.32. The molecule has 1 aromatic rings. The zero-order valence-corrected chi connectivity index (χ0v) is 10.6. The Hall–Kier alpha value is -1.23. The predicted molar refractivity (Wildman–Crippen MR) is 68.5 cm³/mol. The number of piperidine rings is 1. The average Bonchev–Trinajstić information content (AvgIpc) is 2.64. The van der Waals surface area contributed by atoms with Crippen LogP contribution in [0.5, 0.6) is 0 Å². The van der Waals surface area contributed by atoms with Crippen molar-refractivity contribution in [1.29, 1.82) is 0 Å². The fraction of sp³-hybridized carbons (Fsp3) is 0.571. The molecule has 0 aliphatic carbocycles. The van der Waals surface area contributed by atoms with Crippen LogP contribution in [0, 0.1) is 0 Å². The van der Waals surface area contributed by atoms with Gasteiger partial charge in [0.2, 0.25) is 0 Å². The molecule has 1 saturated heterocycles. The molecule has 104 valence electrons. The Morgan fingerprint density at radius 2 is 1.84 bits per heavy atom. The largest absolute Gasteiger partial charge is 0.405 e. The van der Waals surface area contributed by atoms with E-state index in [-0.39, 0.29) is 5.41 Å². The monoisotopic (exact) mass is 270 g/mol. The van der Waals surface area contributed by atoms with Gasteiger partial charge in [0, 0.05) is 17.6 Å². The van der Waals surface area contributed by atoms with Crippen LogP contribution in [-0.4, -0.2) is 32.4 Å². The lowest BCUT2D eigenvalue weighted by atomic mass is 9.75. The van der Waals surface area contributed by atoms with Crippen molar-refractivity contribution in [2.24, 2.45) is 0 Å². The normalized spacial score (nSPS) is 21.7. The van der Waals surface area contributed by atoms with Gasteiger partial charge < -0.3 is 10.2 Å². The molecule has 0 bridgehead atoms. The van der Waals surface area contributed by atoms with E-state index >= 15 is 0 Å². The van der Waals surface area contributed by atoms with E-state index in [9.17, 15) is 13.2 Å². The molecule has 0 saturated carbocycles. The summed E-state index contributed by atoms with van der Waals surface area (Å²) in [6.45, 7) is 1.41. The van der Waals surface area contributed by atoms with Crippen molar-refractivity contribution in [3.63, 3.8) is 0 Å². The smallest absolute Gasteiger partial charge is 0.361 e. The summed E-state index contributed by atoms with van der Waals surface area (Å²) >= 11 is 0. The zero-order valence-electron chi connectivity index (χ0n) is 10.6. The van der Waals surface area contributed by atoms with Gasteiger partial charge in [0.25, 0.3) is 0 Å². The molecule has 0 aromatic heterocycles. The number of hydrogen-bond donors (Lipinski definition) is 1. The van der Waals surface area contributed by atoms with E-state index in [0.29, 0.717) is 6.54 Å². The Morgan fingerprint density at radius 1 is 1.16 bits per heavy atom. The molecule has 0 atom stereocenters. The topological polar surface area (TPSA) is 15.3 Å². The Morgan fingerprint density at radius 3 is 2.53 bits per heavy atom. The molecule has 3 rings (SSSR count). The van der Waals surface area contributed by atoms with Crippen molar-refractivity contribution < 1.29 is 13.2 Å². The number of nitrogens with one attached hydrogen (secondary N) is 1. The van der Waals surface area contributed by atoms with Crippen molar-refractivity contribution in [3.05, 3.63) is 29.8 Å². The Balaban J connectivity index is 1.95. The second-order valence-corrected chi connectivity index (χ2v) is 5.52. The summed E-state index contributed by atoms with van der Waals surface area (Å²) in [5.41, 5.74) is 1.77. The molecule has 19 heavy (non-hydrogen) atoms. The highest BCUT2D eigenvalue weighted by molar-refractivity contribution is 5.63. The molecule has 1 fully saturated rings. The summed E-state index contributed by atoms with van der Waals surface area (Å²) in [7, 11) is 0. The van der Waals surface area contributed by atoms with Crippen LogP contribution in [-0.2, 0) is 5.41 Å². The van der Waals surface area contributed by atoms with E-state index < -0.39 is 12.7 Å². The van der Waals surface area contributed by atoms with Crippen LogP contribution in [0.1, 0.15) is 18.4 Å². The predicted octanol–water partition coefficient (Wildman–Crippen LogP) is 2.69. The standard InChI is InChI=1S/C14H17F3N2/c15-14(16,17)10-19-9-13(5-7-18-8-6-13)11-3-1-2-4-12(11)19/h1-4,18H,5-10H2. The third-order valence-electron chi connectivity index (χ3n) is 4.24. The van der Waals surface area contributed by atoms with Crippen LogP contribution in [0.4, 0.5) is 18.9 Å². The van der Waals surface area contributed by atoms with Gasteiger partial charge >= 0.3 is 6.18 Å². The third kappa shape index (κ3) is 2.31. The van der Waals surface area contributed by atoms with Crippen molar-refractivity contribution in [3.8, 4) is 0 Å². The molecule has 1 spiro atoms. The maximum Gasteiger partial charge on any atom is 0.405 e. The lowest BCUT2D eigenvalue weighted by Crippen LogP contribution is -2.44. The molecule has 1 aromatic carbocycles. The summed E-state index contributed by atoms with van der Waals surface area (Å²) in [6, 6.07) is 7.57. The first-order chi connectivity index (χ1) is 9.00. The summed E-state index contributed by atoms with van der Waals surface area (Å²) in [5, 5.41) is 3.29. The first-order valence-corrected chi connectivity index (χ1v) is 6.62. The Bertz CT molecular complexity index is 464. The number of anilines is 1. The van der Waals surface area contributed by atoms with Gasteiger partial charge in [-0.2, -0.15) is 13.2 Å². The van der Waals surface area contributed by atoms with E-state index in [4.69, 9.17) is 0 Å². The quantitative estimate of drug-likeness (QED) is 0.844. The van der Waals surface area contributed by atoms with E-state index in [0.717, 1.165) is 37.2 Å². The number of para-hydroxylation sites is 1. The van der Waals surface area contributed by atoms with Crippen LogP contribution < -0.4 is 10.2 Å². The Kier molecular flexibility index (Phi) is 2.96. The average molecular weight is 270 g/mol. The van der Waals surface area contributed by atoms with Gasteiger partial charge in [0.1, 0.15) is 6.54 Å². The first kappa shape index (κ1) is 12.8. The molecule has 2 nitrogen and oxygen atoms in total. The van der Waals surface area contributed by atoms with Crippen molar-refractivity contribution >= 4 is 5.69 Å². The summed E-state index contributed by atoms with van der Waals surface area (Å²) < 4.78 is 38.1. The van der Waals surface area contributed by atoms with Gasteiger partial charge in [-0.15, -0.1) is 0 Å². The number of halogens is 3. The molecule has 2 aliphatic rings. The Labute approximate surface area is 110 Å². The molecule has 0 unspecified atom stereocenters. The molecule has 0 amide bonds. The van der Waals surface area contributed by atoms with Gasteiger partial charge in [-0.3, -0.25) is 0 Å². The van der Waals surface area contributed by atoms with Crippen LogP contribution in [0.25, 0.3) is 0 Å². The number of benzene rings is 1. The lowest BCUT2D eigenvalue weighted by Gasteiger charge is -2.35. The number of hydrogen-bond acceptors (Lipinski definition) is 2. The van der Waals surface area contributed by atoms with E-state index in [2.05, 4.69) is 5.32 Å². The van der Waals surface area contributed by atoms with Gasteiger partial charge in [-0.05, 0) is 37.6 Å². The zero-order chi connectivity index (χ0) is 13.5. The molecular weight excluding hydrogens is 253 g/mol. The van der Waals surface area contributed by atoms with Gasteiger partial charge in [-0.1, -0.05) is 18.2 Å². The highest BCUT2D eigenvalue weighted by Gasteiger charge is 2.45. The van der Waals surface area contributed by atoms with Crippen LogP contribution in [0.15, 0.2) is 24.3 Å². The maximum absolute atomic E-state index is 12.7. The number of rotatable bonds is 1. The highest BCUT2D eigenvalue weighted by Crippen LogP contribution is 2.46. The summed E-state index contributed by atoms with van der Waals surface area (Å²) in [5.74, 6) is 0. The lowest BCUT2D eigenvalue weighted by molar-refractivity contribution is -0.119. The van der Waals surface area contributed by atoms with E-state index in [1.165, 1.54) is 4.90 Å². The van der Waals surface area contributed by atoms with Gasteiger partial charge in [0.15, 0.2) is 0 Å². The van der Waals surface area contributed by atoms with Crippen molar-refractivity contribution in [2.45, 2.75) is 24.4 Å². The van der Waals surface area contributed by atoms with Gasteiger partial charge in [-0.25, -0.2) is 0 Å². The fourth-order valence-electron chi connectivity index (χ4n) is 3.42. The minimum Gasteiger partial charge on any atom is -0.361 e. The molecule has 5 heteroatoms. The number of nitrogens with zero attached hydrogens (tertiary/aromatic N) is 1. The number of alkyl halides is 3. The van der Waals surface area contributed by atoms with E-state index in [1.807, 2.05) is 24.3 Å². The van der Waals surface area contributed by atoms with Crippen molar-refractivity contribution in [1.82, 2.24) is 5.32 Å². The maximum atomic E-state index is 12.7. The second-order valence-electron chi connectivity index (χ2n) is 5.52. The van der Waals surface area contributed by atoms with Crippen LogP contribution in [0.2, 0.25) is 0 Å². The molecule has 2 heterocycles. The van der Waals surface area contributed by atoms with Gasteiger partial charge in [0.05, 0.1) is 0 Å². The van der Waals surface area contributed by atoms with Crippen LogP contribution >= 0.6 is 0 Å². The second kappa shape index (κ2) is 4.40. The molecular formula is C14H17F3N2. The molecule has 0 radical (unpaired) electrons. The minimum absolute atomic E-state index is 0.0902. The first-order valence-electron chi connectivity index (χ1n) is 6.62. The van der Waals surface area contributed by atoms with E-state index in [1.54, 1.807) is 0 Å². The van der Waals surface area contributed by atoms with Crippen molar-refractivity contribution in [2.75, 3.05) is 31.1 Å². The third-order valence-corrected chi connectivity index (χ3v) is 4.24. The fourth-order valence-corrected chi connectivity index (χ4v) is 3.42. The summed E-state index contributed by atoms with van der Waals surface area (Å²) in [4.78, 5) is 1.50. The van der Waals surface area contributed by atoms with Crippen LogP contribution in [0.3, 0.4) is 0 Å². The number of fused-ring (bicyclic) bond motifs is 2. The molecule has 1 N–H and O–H groups in total.